The Bertz CT molecular complexity index is 968. The summed E-state index contributed by atoms with van der Waals surface area (Å²) in [5, 5.41) is 11.9. The zero-order valence-corrected chi connectivity index (χ0v) is 20.6. The summed E-state index contributed by atoms with van der Waals surface area (Å²) < 4.78 is 1.85. The van der Waals surface area contributed by atoms with Gasteiger partial charge in [-0.05, 0) is 56.5 Å². The third kappa shape index (κ3) is 6.70. The van der Waals surface area contributed by atoms with Gasteiger partial charge in [-0.2, -0.15) is 5.10 Å². The number of hydrogen-bond acceptors (Lipinski definition) is 3. The third-order valence-corrected chi connectivity index (χ3v) is 4.81. The molecular formula is C22H28ClIN6. The molecule has 0 bridgehead atoms. The predicted molar refractivity (Wildman–Crippen MR) is 134 cm³/mol. The van der Waals surface area contributed by atoms with Crippen LogP contribution in [0.25, 0.3) is 5.82 Å². The zero-order chi connectivity index (χ0) is 20.6. The van der Waals surface area contributed by atoms with E-state index >= 15 is 0 Å². The highest BCUT2D eigenvalue weighted by molar-refractivity contribution is 14.0. The Morgan fingerprint density at radius 3 is 2.57 bits per heavy atom. The fourth-order valence-corrected chi connectivity index (χ4v) is 3.26. The lowest BCUT2D eigenvalue weighted by atomic mass is 10.1. The van der Waals surface area contributed by atoms with Gasteiger partial charge in [0.1, 0.15) is 0 Å². The Balaban J connectivity index is 0.00000320. The molecule has 0 spiro atoms. The minimum Gasteiger partial charge on any atom is -0.357 e. The SMILES string of the molecule is CCNC(=NCc1ccc(-n2nc(C)cc2C)nc1)NCCc1ccccc1Cl.I. The van der Waals surface area contributed by atoms with Crippen molar-refractivity contribution in [1.29, 1.82) is 0 Å². The van der Waals surface area contributed by atoms with E-state index in [0.29, 0.717) is 6.54 Å². The van der Waals surface area contributed by atoms with E-state index in [1.807, 2.05) is 67.2 Å². The van der Waals surface area contributed by atoms with Crippen molar-refractivity contribution in [3.05, 3.63) is 76.2 Å². The largest absolute Gasteiger partial charge is 0.357 e. The topological polar surface area (TPSA) is 67.1 Å². The van der Waals surface area contributed by atoms with E-state index in [0.717, 1.165) is 58.8 Å². The van der Waals surface area contributed by atoms with Crippen LogP contribution in [-0.4, -0.2) is 33.8 Å². The molecule has 0 saturated carbocycles. The molecule has 0 unspecified atom stereocenters. The second kappa shape index (κ2) is 11.9. The number of hydrogen-bond donors (Lipinski definition) is 2. The first-order chi connectivity index (χ1) is 14.1. The Hall–Kier alpha value is -2.13. The predicted octanol–water partition coefficient (Wildman–Crippen LogP) is 4.45. The lowest BCUT2D eigenvalue weighted by molar-refractivity contribution is 0.794. The van der Waals surface area contributed by atoms with Gasteiger partial charge in [0.2, 0.25) is 0 Å². The second-order valence-electron chi connectivity index (χ2n) is 6.83. The van der Waals surface area contributed by atoms with Gasteiger partial charge in [-0.25, -0.2) is 14.7 Å². The number of nitrogens with zero attached hydrogens (tertiary/aromatic N) is 4. The number of aryl methyl sites for hydroxylation is 2. The van der Waals surface area contributed by atoms with Gasteiger partial charge in [-0.15, -0.1) is 24.0 Å². The molecule has 1 aromatic carbocycles. The van der Waals surface area contributed by atoms with Crippen molar-refractivity contribution >= 4 is 41.5 Å². The van der Waals surface area contributed by atoms with Gasteiger partial charge in [-0.1, -0.05) is 35.9 Å². The van der Waals surface area contributed by atoms with Crippen molar-refractivity contribution < 1.29 is 0 Å². The van der Waals surface area contributed by atoms with Gasteiger partial charge in [0.25, 0.3) is 0 Å². The van der Waals surface area contributed by atoms with Crippen LogP contribution in [0.1, 0.15) is 29.4 Å². The number of nitrogens with one attached hydrogen (secondary N) is 2. The number of halogens is 2. The molecule has 160 valence electrons. The molecule has 0 aliphatic carbocycles. The van der Waals surface area contributed by atoms with E-state index < -0.39 is 0 Å². The van der Waals surface area contributed by atoms with E-state index in [1.54, 1.807) is 0 Å². The first-order valence-electron chi connectivity index (χ1n) is 9.81. The van der Waals surface area contributed by atoms with Crippen molar-refractivity contribution in [2.45, 2.75) is 33.7 Å². The van der Waals surface area contributed by atoms with Crippen LogP contribution in [0, 0.1) is 13.8 Å². The first kappa shape index (κ1) is 24.1. The summed E-state index contributed by atoms with van der Waals surface area (Å²) >= 11 is 6.22. The average molecular weight is 539 g/mol. The summed E-state index contributed by atoms with van der Waals surface area (Å²) in [6.07, 6.45) is 2.69. The molecule has 8 heteroatoms. The maximum absolute atomic E-state index is 6.22. The summed E-state index contributed by atoms with van der Waals surface area (Å²) in [4.78, 5) is 9.19. The summed E-state index contributed by atoms with van der Waals surface area (Å²) in [5.74, 6) is 1.59. The molecular weight excluding hydrogens is 511 g/mol. The molecule has 30 heavy (non-hydrogen) atoms. The van der Waals surface area contributed by atoms with Crippen LogP contribution in [0.3, 0.4) is 0 Å². The number of aromatic nitrogens is 3. The molecule has 2 aromatic heterocycles. The molecule has 0 saturated heterocycles. The minimum absolute atomic E-state index is 0. The van der Waals surface area contributed by atoms with Gasteiger partial charge in [0, 0.05) is 30.0 Å². The number of aliphatic imine (C=N–C) groups is 1. The van der Waals surface area contributed by atoms with Crippen LogP contribution in [0.2, 0.25) is 5.02 Å². The molecule has 3 rings (SSSR count). The van der Waals surface area contributed by atoms with Crippen LogP contribution >= 0.6 is 35.6 Å². The van der Waals surface area contributed by atoms with Gasteiger partial charge in [-0.3, -0.25) is 0 Å². The van der Waals surface area contributed by atoms with Gasteiger partial charge < -0.3 is 10.6 Å². The summed E-state index contributed by atoms with van der Waals surface area (Å²) in [6, 6.07) is 14.0. The maximum Gasteiger partial charge on any atom is 0.191 e. The van der Waals surface area contributed by atoms with Crippen LogP contribution in [0.4, 0.5) is 0 Å². The molecule has 6 nitrogen and oxygen atoms in total. The molecule has 0 fully saturated rings. The van der Waals surface area contributed by atoms with Gasteiger partial charge in [0.15, 0.2) is 11.8 Å². The van der Waals surface area contributed by atoms with E-state index in [2.05, 4.69) is 32.6 Å². The van der Waals surface area contributed by atoms with Crippen molar-refractivity contribution in [3.8, 4) is 5.82 Å². The highest BCUT2D eigenvalue weighted by Gasteiger charge is 2.05. The smallest absolute Gasteiger partial charge is 0.191 e. The Morgan fingerprint density at radius 2 is 1.93 bits per heavy atom. The quantitative estimate of drug-likeness (QED) is 0.265. The minimum atomic E-state index is 0. The Kier molecular flexibility index (Phi) is 9.58. The average Bonchev–Trinajstić information content (AvgIpc) is 3.06. The van der Waals surface area contributed by atoms with E-state index in [9.17, 15) is 0 Å². The van der Waals surface area contributed by atoms with E-state index in [-0.39, 0.29) is 24.0 Å². The van der Waals surface area contributed by atoms with Gasteiger partial charge in [0.05, 0.1) is 12.2 Å². The standard InChI is InChI=1S/C22H27ClN6.HI/c1-4-24-22(25-12-11-19-7-5-6-8-20(19)23)27-15-18-9-10-21(26-14-18)29-17(3)13-16(2)28-29;/h5-10,13-14H,4,11-12,15H2,1-3H3,(H2,24,25,27);1H. The van der Waals surface area contributed by atoms with Gasteiger partial charge >= 0.3 is 0 Å². The molecule has 0 amide bonds. The maximum atomic E-state index is 6.22. The highest BCUT2D eigenvalue weighted by Crippen LogP contribution is 2.15. The summed E-state index contributed by atoms with van der Waals surface area (Å²) in [6.45, 7) is 8.16. The fraction of sp³-hybridized carbons (Fsp3) is 0.318. The summed E-state index contributed by atoms with van der Waals surface area (Å²) in [7, 11) is 0. The number of guanidine groups is 1. The lowest BCUT2D eigenvalue weighted by Crippen LogP contribution is -2.38. The van der Waals surface area contributed by atoms with Crippen molar-refractivity contribution in [3.63, 3.8) is 0 Å². The second-order valence-corrected chi connectivity index (χ2v) is 7.23. The fourth-order valence-electron chi connectivity index (χ4n) is 3.03. The van der Waals surface area contributed by atoms with Crippen molar-refractivity contribution in [1.82, 2.24) is 25.4 Å². The van der Waals surface area contributed by atoms with Crippen LogP contribution in [0.5, 0.6) is 0 Å². The first-order valence-corrected chi connectivity index (χ1v) is 10.2. The lowest BCUT2D eigenvalue weighted by Gasteiger charge is -2.12. The van der Waals surface area contributed by atoms with Crippen LogP contribution in [-0.2, 0) is 13.0 Å². The number of pyridine rings is 1. The molecule has 3 aromatic rings. The molecule has 0 radical (unpaired) electrons. The molecule has 0 aliphatic heterocycles. The molecule has 0 atom stereocenters. The highest BCUT2D eigenvalue weighted by atomic mass is 127. The normalized spacial score (nSPS) is 11.1. The van der Waals surface area contributed by atoms with Crippen molar-refractivity contribution in [2.24, 2.45) is 4.99 Å². The number of benzene rings is 1. The Morgan fingerprint density at radius 1 is 1.13 bits per heavy atom. The molecule has 2 N–H and O–H groups in total. The monoisotopic (exact) mass is 538 g/mol. The number of rotatable bonds is 7. The molecule has 0 aliphatic rings. The third-order valence-electron chi connectivity index (χ3n) is 4.44. The summed E-state index contributed by atoms with van der Waals surface area (Å²) in [5.41, 5.74) is 4.22. The zero-order valence-electron chi connectivity index (χ0n) is 17.5. The van der Waals surface area contributed by atoms with Crippen molar-refractivity contribution in [2.75, 3.05) is 13.1 Å². The Labute approximate surface area is 200 Å². The van der Waals surface area contributed by atoms with Crippen LogP contribution < -0.4 is 10.6 Å². The van der Waals surface area contributed by atoms with E-state index in [4.69, 9.17) is 11.6 Å². The van der Waals surface area contributed by atoms with Crippen LogP contribution in [0.15, 0.2) is 53.7 Å². The van der Waals surface area contributed by atoms with E-state index in [1.165, 1.54) is 0 Å². The molecule has 2 heterocycles.